The number of amides is 3. The first-order valence-corrected chi connectivity index (χ1v) is 9.80. The highest BCUT2D eigenvalue weighted by molar-refractivity contribution is 5.94. The smallest absolute Gasteiger partial charge is 0.407 e. The lowest BCUT2D eigenvalue weighted by molar-refractivity contribution is -0.120. The number of carbonyl (C=O) groups excluding carboxylic acids is 3. The quantitative estimate of drug-likeness (QED) is 0.652. The fraction of sp³-hybridized carbons (Fsp3) is 0.348. The molecule has 0 radical (unpaired) electrons. The molecule has 2 aromatic rings. The summed E-state index contributed by atoms with van der Waals surface area (Å²) in [5, 5.41) is 8.18. The molecule has 7 nitrogen and oxygen atoms in total. The number of alkyl carbamates (subject to hydrolysis) is 1. The molecular formula is C23H29N3O4. The molecule has 7 heteroatoms. The summed E-state index contributed by atoms with van der Waals surface area (Å²) in [6.07, 6.45) is -0.186. The Morgan fingerprint density at radius 1 is 0.833 bits per heavy atom. The Morgan fingerprint density at radius 3 is 2.03 bits per heavy atom. The minimum atomic E-state index is -0.578. The number of hydrogen-bond donors (Lipinski definition) is 3. The van der Waals surface area contributed by atoms with Crippen molar-refractivity contribution in [1.29, 1.82) is 0 Å². The Bertz CT molecular complexity index is 903. The lowest BCUT2D eigenvalue weighted by atomic mass is 10.0. The molecule has 2 rings (SSSR count). The van der Waals surface area contributed by atoms with Crippen LogP contribution in [0.1, 0.15) is 37.5 Å². The van der Waals surface area contributed by atoms with Crippen molar-refractivity contribution in [2.75, 3.05) is 12.4 Å². The van der Waals surface area contributed by atoms with Crippen molar-refractivity contribution in [1.82, 2.24) is 10.6 Å². The molecule has 0 unspecified atom stereocenters. The van der Waals surface area contributed by atoms with Crippen molar-refractivity contribution in [3.8, 4) is 0 Å². The van der Waals surface area contributed by atoms with Crippen molar-refractivity contribution in [2.24, 2.45) is 0 Å². The molecule has 0 aromatic heterocycles. The number of anilines is 1. The Kier molecular flexibility index (Phi) is 7.98. The van der Waals surface area contributed by atoms with E-state index in [0.717, 1.165) is 16.7 Å². The van der Waals surface area contributed by atoms with Gasteiger partial charge >= 0.3 is 6.09 Å². The van der Waals surface area contributed by atoms with E-state index in [4.69, 9.17) is 4.74 Å². The Labute approximate surface area is 177 Å². The third-order valence-corrected chi connectivity index (χ3v) is 4.21. The number of hydrogen-bond acceptors (Lipinski definition) is 4. The summed E-state index contributed by atoms with van der Waals surface area (Å²) >= 11 is 0. The van der Waals surface area contributed by atoms with E-state index in [2.05, 4.69) is 16.0 Å². The van der Waals surface area contributed by atoms with Gasteiger partial charge in [-0.3, -0.25) is 9.59 Å². The van der Waals surface area contributed by atoms with E-state index in [0.29, 0.717) is 5.69 Å². The number of rotatable bonds is 7. The van der Waals surface area contributed by atoms with Gasteiger partial charge in [-0.05, 0) is 43.5 Å². The number of benzene rings is 2. The molecule has 0 heterocycles. The fourth-order valence-corrected chi connectivity index (χ4v) is 2.81. The van der Waals surface area contributed by atoms with Crippen LogP contribution in [0.3, 0.4) is 0 Å². The van der Waals surface area contributed by atoms with Gasteiger partial charge in [0.05, 0.1) is 12.8 Å². The zero-order chi connectivity index (χ0) is 22.1. The van der Waals surface area contributed by atoms with E-state index < -0.39 is 11.7 Å². The van der Waals surface area contributed by atoms with Gasteiger partial charge < -0.3 is 20.7 Å². The van der Waals surface area contributed by atoms with Crippen LogP contribution in [-0.2, 0) is 33.7 Å². The van der Waals surface area contributed by atoms with Crippen LogP contribution in [0.15, 0.2) is 48.5 Å². The normalized spacial score (nSPS) is 10.8. The van der Waals surface area contributed by atoms with Crippen LogP contribution in [-0.4, -0.2) is 30.6 Å². The second-order valence-electron chi connectivity index (χ2n) is 7.86. The summed E-state index contributed by atoms with van der Waals surface area (Å²) in [6, 6.07) is 14.6. The maximum atomic E-state index is 12.6. The second-order valence-corrected chi connectivity index (χ2v) is 7.86. The van der Waals surface area contributed by atoms with Crippen LogP contribution >= 0.6 is 0 Å². The molecule has 0 aliphatic carbocycles. The molecule has 3 amide bonds. The average Bonchev–Trinajstić information content (AvgIpc) is 2.67. The summed E-state index contributed by atoms with van der Waals surface area (Å²) < 4.78 is 5.25. The van der Waals surface area contributed by atoms with E-state index in [1.54, 1.807) is 33.9 Å². The number of ether oxygens (including phenoxy) is 1. The van der Waals surface area contributed by atoms with Crippen LogP contribution < -0.4 is 16.0 Å². The highest BCUT2D eigenvalue weighted by atomic mass is 16.6. The molecule has 0 aliphatic rings. The van der Waals surface area contributed by atoms with Crippen molar-refractivity contribution in [3.63, 3.8) is 0 Å². The van der Waals surface area contributed by atoms with Crippen molar-refractivity contribution in [2.45, 2.75) is 45.8 Å². The minimum absolute atomic E-state index is 0.129. The second kappa shape index (κ2) is 10.4. The predicted octanol–water partition coefficient (Wildman–Crippen LogP) is 3.18. The summed E-state index contributed by atoms with van der Waals surface area (Å²) in [6.45, 7) is 5.65. The number of carbonyl (C=O) groups is 3. The highest BCUT2D eigenvalue weighted by Gasteiger charge is 2.17. The van der Waals surface area contributed by atoms with E-state index in [1.807, 2.05) is 42.5 Å². The first-order chi connectivity index (χ1) is 14.2. The van der Waals surface area contributed by atoms with E-state index in [9.17, 15) is 14.4 Å². The molecule has 160 valence electrons. The summed E-state index contributed by atoms with van der Waals surface area (Å²) in [7, 11) is 1.58. The molecule has 0 fully saturated rings. The van der Waals surface area contributed by atoms with Crippen LogP contribution in [0.4, 0.5) is 10.5 Å². The third-order valence-electron chi connectivity index (χ3n) is 4.21. The highest BCUT2D eigenvalue weighted by Crippen LogP contribution is 2.17. The topological polar surface area (TPSA) is 96.5 Å². The van der Waals surface area contributed by atoms with Gasteiger partial charge in [-0.2, -0.15) is 0 Å². The first kappa shape index (κ1) is 22.9. The van der Waals surface area contributed by atoms with Gasteiger partial charge in [-0.15, -0.1) is 0 Å². The Balaban J connectivity index is 2.03. The van der Waals surface area contributed by atoms with Crippen molar-refractivity contribution < 1.29 is 19.1 Å². The molecule has 0 atom stereocenters. The number of likely N-dealkylation sites (N-methyl/N-ethyl adjacent to an activating group) is 1. The predicted molar refractivity (Wildman–Crippen MR) is 116 cm³/mol. The van der Waals surface area contributed by atoms with Gasteiger partial charge in [-0.1, -0.05) is 42.5 Å². The van der Waals surface area contributed by atoms with Crippen LogP contribution in [0.2, 0.25) is 0 Å². The summed E-state index contributed by atoms with van der Waals surface area (Å²) in [5.74, 6) is -0.334. The Hall–Kier alpha value is -3.35. The number of nitrogens with one attached hydrogen (secondary N) is 3. The van der Waals surface area contributed by atoms with E-state index in [1.165, 1.54) is 0 Å². The van der Waals surface area contributed by atoms with Gasteiger partial charge in [0.1, 0.15) is 5.60 Å². The van der Waals surface area contributed by atoms with Gasteiger partial charge in [0.15, 0.2) is 0 Å². The maximum Gasteiger partial charge on any atom is 0.407 e. The summed E-state index contributed by atoms with van der Waals surface area (Å²) in [4.78, 5) is 36.3. The summed E-state index contributed by atoms with van der Waals surface area (Å²) in [5.41, 5.74) is 2.40. The standard InChI is InChI=1S/C23H29N3O4/c1-23(2,3)30-22(29)25-15-18-11-6-5-9-16(18)13-21(28)26-19-12-8-7-10-17(19)14-20(27)24-4/h5-12H,13-15H2,1-4H3,(H,24,27)(H,25,29)(H,26,28). The zero-order valence-electron chi connectivity index (χ0n) is 17.9. The zero-order valence-corrected chi connectivity index (χ0v) is 17.9. The SMILES string of the molecule is CNC(=O)Cc1ccccc1NC(=O)Cc1ccccc1CNC(=O)OC(C)(C)C. The third kappa shape index (κ3) is 7.58. The largest absolute Gasteiger partial charge is 0.444 e. The van der Waals surface area contributed by atoms with Gasteiger partial charge in [0.25, 0.3) is 0 Å². The monoisotopic (exact) mass is 411 g/mol. The van der Waals surface area contributed by atoms with Gasteiger partial charge in [-0.25, -0.2) is 4.79 Å². The minimum Gasteiger partial charge on any atom is -0.444 e. The molecule has 0 spiro atoms. The van der Waals surface area contributed by atoms with Crippen molar-refractivity contribution in [3.05, 3.63) is 65.2 Å². The van der Waals surface area contributed by atoms with Gasteiger partial charge in [0, 0.05) is 19.3 Å². The maximum absolute atomic E-state index is 12.6. The van der Waals surface area contributed by atoms with E-state index >= 15 is 0 Å². The molecule has 2 aromatic carbocycles. The molecule has 0 saturated carbocycles. The van der Waals surface area contributed by atoms with Crippen LogP contribution in [0, 0.1) is 0 Å². The van der Waals surface area contributed by atoms with E-state index in [-0.39, 0.29) is 31.2 Å². The van der Waals surface area contributed by atoms with Crippen molar-refractivity contribution >= 4 is 23.6 Å². The van der Waals surface area contributed by atoms with Gasteiger partial charge in [0.2, 0.25) is 11.8 Å². The lowest BCUT2D eigenvalue weighted by Gasteiger charge is -2.20. The van der Waals surface area contributed by atoms with Crippen LogP contribution in [0.25, 0.3) is 0 Å². The molecular weight excluding hydrogens is 382 g/mol. The molecule has 0 bridgehead atoms. The molecule has 0 saturated heterocycles. The molecule has 0 aliphatic heterocycles. The lowest BCUT2D eigenvalue weighted by Crippen LogP contribution is -2.32. The fourth-order valence-electron chi connectivity index (χ4n) is 2.81. The Morgan fingerprint density at radius 2 is 1.40 bits per heavy atom. The number of para-hydroxylation sites is 1. The molecule has 30 heavy (non-hydrogen) atoms. The molecule has 3 N–H and O–H groups in total. The first-order valence-electron chi connectivity index (χ1n) is 9.80. The van der Waals surface area contributed by atoms with Crippen LogP contribution in [0.5, 0.6) is 0 Å². The average molecular weight is 412 g/mol.